The van der Waals surface area contributed by atoms with E-state index in [1.807, 2.05) is 62.4 Å². The van der Waals surface area contributed by atoms with Crippen LogP contribution in [0.15, 0.2) is 73.8 Å². The van der Waals surface area contributed by atoms with E-state index in [0.29, 0.717) is 24.8 Å². The highest BCUT2D eigenvalue weighted by Gasteiger charge is 2.75. The minimum Gasteiger partial charge on any atom is -0.455 e. The van der Waals surface area contributed by atoms with Crippen LogP contribution in [0.3, 0.4) is 0 Å². The molecule has 0 radical (unpaired) electrons. The number of allylic oxidation sites excluding steroid dienone is 1. The quantitative estimate of drug-likeness (QED) is 0.223. The molecule has 3 aliphatic rings. The van der Waals surface area contributed by atoms with Gasteiger partial charge in [-0.25, -0.2) is 0 Å². The van der Waals surface area contributed by atoms with Crippen LogP contribution in [0.5, 0.6) is 0 Å². The molecule has 3 amide bonds. The third-order valence-electron chi connectivity index (χ3n) is 9.64. The van der Waals surface area contributed by atoms with E-state index < -0.39 is 41.7 Å². The molecule has 6 atom stereocenters. The van der Waals surface area contributed by atoms with E-state index in [2.05, 4.69) is 18.5 Å². The fourth-order valence-electron chi connectivity index (χ4n) is 7.62. The average molecular weight is 644 g/mol. The van der Waals surface area contributed by atoms with E-state index in [1.165, 1.54) is 4.90 Å². The first-order chi connectivity index (χ1) is 22.7. The summed E-state index contributed by atoms with van der Waals surface area (Å²) in [6.07, 6.45) is 3.90. The van der Waals surface area contributed by atoms with Crippen molar-refractivity contribution in [2.75, 3.05) is 31.1 Å². The highest BCUT2D eigenvalue weighted by molar-refractivity contribution is 6.05. The van der Waals surface area contributed by atoms with Crippen LogP contribution in [-0.2, 0) is 28.7 Å². The molecule has 2 bridgehead atoms. The zero-order chi connectivity index (χ0) is 33.7. The second-order valence-corrected chi connectivity index (χ2v) is 12.6. The number of likely N-dealkylation sites (tertiary alicyclic amines) is 1. The van der Waals surface area contributed by atoms with Crippen LogP contribution in [-0.4, -0.2) is 77.7 Å². The molecule has 3 heterocycles. The normalized spacial score (nSPS) is 24.8. The lowest BCUT2D eigenvalue weighted by Crippen LogP contribution is -2.56. The van der Waals surface area contributed by atoms with Gasteiger partial charge in [0.25, 0.3) is 5.91 Å². The minimum absolute atomic E-state index is 0.0593. The molecule has 3 saturated heterocycles. The maximum atomic E-state index is 14.7. The fourth-order valence-corrected chi connectivity index (χ4v) is 7.62. The number of aryl methyl sites for hydroxylation is 2. The summed E-state index contributed by atoms with van der Waals surface area (Å²) in [5.41, 5.74) is 2.03. The van der Waals surface area contributed by atoms with E-state index in [0.717, 1.165) is 16.8 Å². The van der Waals surface area contributed by atoms with Gasteiger partial charge in [0.2, 0.25) is 11.8 Å². The van der Waals surface area contributed by atoms with Crippen molar-refractivity contribution in [1.82, 2.24) is 10.2 Å². The number of carbonyl (C=O) groups is 4. The molecule has 2 aromatic carbocycles. The lowest BCUT2D eigenvalue weighted by atomic mass is 9.70. The molecule has 0 aromatic heterocycles. The van der Waals surface area contributed by atoms with Crippen LogP contribution in [0.1, 0.15) is 54.9 Å². The topological polar surface area (TPSA) is 125 Å². The predicted octanol–water partition coefficient (Wildman–Crippen LogP) is 3.95. The monoisotopic (exact) mass is 643 g/mol. The largest absolute Gasteiger partial charge is 0.455 e. The Labute approximate surface area is 276 Å². The van der Waals surface area contributed by atoms with Crippen LogP contribution in [0.2, 0.25) is 0 Å². The molecule has 2 aromatic rings. The Balaban J connectivity index is 1.46. The van der Waals surface area contributed by atoms with Gasteiger partial charge in [0, 0.05) is 31.8 Å². The lowest BCUT2D eigenvalue weighted by Gasteiger charge is -2.37. The number of amides is 3. The molecule has 250 valence electrons. The molecular weight excluding hydrogens is 598 g/mol. The number of nitrogens with one attached hydrogen (secondary N) is 1. The molecule has 0 saturated carbocycles. The van der Waals surface area contributed by atoms with E-state index in [-0.39, 0.29) is 56.8 Å². The van der Waals surface area contributed by atoms with Crippen LogP contribution >= 0.6 is 0 Å². The first-order valence-corrected chi connectivity index (χ1v) is 16.4. The number of hydrogen-bond acceptors (Lipinski definition) is 7. The SMILES string of the molecule is C=CCCC(=O)NC[C@H](OC(=O)[C@@H]1[C@@H]2CC[C@]3(O2)[C@H](C(=O)N(CC=C)c2c(C)cccc2C)N(CCCO)C(=O)[C@@H]13)c1ccccc1. The van der Waals surface area contributed by atoms with Gasteiger partial charge in [-0.2, -0.15) is 0 Å². The number of carbonyl (C=O) groups excluding carboxylic acids is 4. The number of benzene rings is 2. The van der Waals surface area contributed by atoms with Gasteiger partial charge in [-0.3, -0.25) is 19.2 Å². The van der Waals surface area contributed by atoms with E-state index in [1.54, 1.807) is 17.1 Å². The highest BCUT2D eigenvalue weighted by Crippen LogP contribution is 2.59. The van der Waals surface area contributed by atoms with Crippen molar-refractivity contribution >= 4 is 29.4 Å². The first-order valence-electron chi connectivity index (χ1n) is 16.4. The van der Waals surface area contributed by atoms with Gasteiger partial charge in [0.15, 0.2) is 0 Å². The third kappa shape index (κ3) is 6.49. The maximum absolute atomic E-state index is 14.7. The smallest absolute Gasteiger partial charge is 0.313 e. The van der Waals surface area contributed by atoms with Gasteiger partial charge >= 0.3 is 5.97 Å². The van der Waals surface area contributed by atoms with Gasteiger partial charge in [0.1, 0.15) is 17.7 Å². The van der Waals surface area contributed by atoms with Gasteiger partial charge in [-0.05, 0) is 56.2 Å². The Kier molecular flexibility index (Phi) is 10.6. The molecule has 0 aliphatic carbocycles. The van der Waals surface area contributed by atoms with E-state index in [9.17, 15) is 24.3 Å². The second kappa shape index (κ2) is 14.6. The molecule has 47 heavy (non-hydrogen) atoms. The number of esters is 1. The predicted molar refractivity (Wildman–Crippen MR) is 177 cm³/mol. The van der Waals surface area contributed by atoms with Crippen molar-refractivity contribution in [3.63, 3.8) is 0 Å². The van der Waals surface area contributed by atoms with Crippen molar-refractivity contribution in [2.24, 2.45) is 11.8 Å². The van der Waals surface area contributed by atoms with Gasteiger partial charge in [-0.1, -0.05) is 60.7 Å². The number of ether oxygens (including phenoxy) is 2. The standard InChI is InChI=1S/C37H45N3O7/c1-5-7-17-29(42)38-23-28(26-15-9-8-10-16-26)46-36(45)30-27-18-19-37(47-27)31(30)34(43)40(21-12-22-41)33(37)35(44)39(20-6-2)32-24(3)13-11-14-25(32)4/h5-6,8-11,13-16,27-28,30-31,33,41H,1-2,7,12,17-23H2,3-4H3,(H,38,42)/t27-,28-,30+,31+,33-,37+/m0/s1. The molecular formula is C37H45N3O7. The number of anilines is 1. The fraction of sp³-hybridized carbons (Fsp3) is 0.459. The molecule has 10 heteroatoms. The van der Waals surface area contributed by atoms with Crippen molar-refractivity contribution in [1.29, 1.82) is 0 Å². The van der Waals surface area contributed by atoms with Gasteiger partial charge in [-0.15, -0.1) is 13.2 Å². The Morgan fingerprint density at radius 2 is 1.85 bits per heavy atom. The summed E-state index contributed by atoms with van der Waals surface area (Å²) in [5, 5.41) is 12.6. The Morgan fingerprint density at radius 3 is 2.51 bits per heavy atom. The maximum Gasteiger partial charge on any atom is 0.313 e. The third-order valence-corrected chi connectivity index (χ3v) is 9.64. The first kappa shape index (κ1) is 34.1. The molecule has 10 nitrogen and oxygen atoms in total. The molecule has 2 N–H and O–H groups in total. The summed E-state index contributed by atoms with van der Waals surface area (Å²) in [7, 11) is 0. The van der Waals surface area contributed by atoms with Crippen LogP contribution in [0.25, 0.3) is 0 Å². The van der Waals surface area contributed by atoms with E-state index in [4.69, 9.17) is 9.47 Å². The number of rotatable bonds is 15. The van der Waals surface area contributed by atoms with Crippen LogP contribution in [0.4, 0.5) is 5.69 Å². The highest BCUT2D eigenvalue weighted by atomic mass is 16.6. The summed E-state index contributed by atoms with van der Waals surface area (Å²) >= 11 is 0. The zero-order valence-corrected chi connectivity index (χ0v) is 27.2. The van der Waals surface area contributed by atoms with Gasteiger partial charge in [0.05, 0.1) is 24.5 Å². The second-order valence-electron chi connectivity index (χ2n) is 12.6. The summed E-state index contributed by atoms with van der Waals surface area (Å²) in [6.45, 7) is 11.7. The number of aliphatic hydroxyl groups is 1. The van der Waals surface area contributed by atoms with Gasteiger partial charge < -0.3 is 29.7 Å². The summed E-state index contributed by atoms with van der Waals surface area (Å²) in [5.74, 6) is -3.31. The number of nitrogens with zero attached hydrogens (tertiary/aromatic N) is 2. The van der Waals surface area contributed by atoms with E-state index >= 15 is 0 Å². The van der Waals surface area contributed by atoms with Crippen molar-refractivity contribution in [3.05, 3.63) is 90.5 Å². The Hall–Kier alpha value is -4.28. The van der Waals surface area contributed by atoms with Crippen molar-refractivity contribution in [3.8, 4) is 0 Å². The Bertz CT molecular complexity index is 1490. The summed E-state index contributed by atoms with van der Waals surface area (Å²) in [4.78, 5) is 58.7. The zero-order valence-electron chi connectivity index (χ0n) is 27.2. The molecule has 0 unspecified atom stereocenters. The van der Waals surface area contributed by atoms with Crippen molar-refractivity contribution < 1.29 is 33.8 Å². The minimum atomic E-state index is -1.23. The van der Waals surface area contributed by atoms with Crippen molar-refractivity contribution in [2.45, 2.75) is 69.8 Å². The number of hydrogen-bond donors (Lipinski definition) is 2. The molecule has 5 rings (SSSR count). The molecule has 3 fully saturated rings. The van der Waals surface area contributed by atoms with Crippen LogP contribution < -0.4 is 10.2 Å². The number of aliphatic hydroxyl groups excluding tert-OH is 1. The number of para-hydroxylation sites is 1. The van der Waals surface area contributed by atoms with Crippen LogP contribution in [0, 0.1) is 25.7 Å². The number of fused-ring (bicyclic) bond motifs is 1. The lowest BCUT2D eigenvalue weighted by molar-refractivity contribution is -0.160. The average Bonchev–Trinajstić information content (AvgIpc) is 3.71. The summed E-state index contributed by atoms with van der Waals surface area (Å²) < 4.78 is 12.7. The summed E-state index contributed by atoms with van der Waals surface area (Å²) in [6, 6.07) is 13.9. The molecule has 3 aliphatic heterocycles. The molecule has 1 spiro atoms. The Morgan fingerprint density at radius 1 is 1.13 bits per heavy atom.